The molecule has 118 valence electrons. The number of rotatable bonds is 3. The fourth-order valence-electron chi connectivity index (χ4n) is 4.44. The van der Waals surface area contributed by atoms with E-state index < -0.39 is 0 Å². The van der Waals surface area contributed by atoms with Crippen LogP contribution in [0.1, 0.15) is 50.2 Å². The van der Waals surface area contributed by atoms with Crippen LogP contribution in [0.3, 0.4) is 0 Å². The van der Waals surface area contributed by atoms with E-state index in [0.717, 1.165) is 24.1 Å². The van der Waals surface area contributed by atoms with Gasteiger partial charge in [-0.25, -0.2) is 0 Å². The summed E-state index contributed by atoms with van der Waals surface area (Å²) in [6, 6.07) is 3.56. The van der Waals surface area contributed by atoms with Crippen molar-refractivity contribution in [1.29, 1.82) is 0 Å². The third-order valence-electron chi connectivity index (χ3n) is 5.54. The van der Waals surface area contributed by atoms with Crippen molar-refractivity contribution >= 4 is 11.3 Å². The number of nitrogens with zero attached hydrogens (tertiary/aromatic N) is 1. The lowest BCUT2D eigenvalue weighted by Gasteiger charge is -2.44. The first kappa shape index (κ1) is 15.2. The zero-order chi connectivity index (χ0) is 15.7. The quantitative estimate of drug-likeness (QED) is 0.819. The molecule has 0 bridgehead atoms. The van der Waals surface area contributed by atoms with Crippen molar-refractivity contribution in [1.82, 2.24) is 5.32 Å². The standard InChI is InChI=1S/C18H24N2O2/c1-12-13-6-7-16(20-22)17(21)14(13)10-18(15(12)11-19-2)8-4-3-5-9-18/h6-7,19,21H,3-5,8-11H2,1-2H3. The number of nitroso groups, excluding NO2 is 1. The zero-order valence-electron chi connectivity index (χ0n) is 13.4. The summed E-state index contributed by atoms with van der Waals surface area (Å²) in [6.45, 7) is 3.04. The van der Waals surface area contributed by atoms with Gasteiger partial charge in [-0.1, -0.05) is 25.3 Å². The van der Waals surface area contributed by atoms with Gasteiger partial charge in [-0.15, -0.1) is 4.91 Å². The van der Waals surface area contributed by atoms with Crippen molar-refractivity contribution in [2.45, 2.75) is 45.4 Å². The molecule has 0 aromatic heterocycles. The Morgan fingerprint density at radius 2 is 2.00 bits per heavy atom. The second-order valence-electron chi connectivity index (χ2n) is 6.70. The van der Waals surface area contributed by atoms with Gasteiger partial charge in [0.15, 0.2) is 0 Å². The molecular formula is C18H24N2O2. The number of hydrogen-bond acceptors (Lipinski definition) is 4. The molecule has 0 unspecified atom stereocenters. The Bertz CT molecular complexity index is 628. The molecule has 1 aromatic rings. The fraction of sp³-hybridized carbons (Fsp3) is 0.556. The number of likely N-dealkylation sites (N-methyl/N-ethyl adjacent to an activating group) is 1. The lowest BCUT2D eigenvalue weighted by Crippen LogP contribution is -2.36. The average Bonchev–Trinajstić information content (AvgIpc) is 2.54. The minimum atomic E-state index is 0.0836. The number of nitrogens with one attached hydrogen (secondary N) is 1. The molecule has 1 aromatic carbocycles. The molecule has 4 heteroatoms. The van der Waals surface area contributed by atoms with Gasteiger partial charge in [-0.05, 0) is 66.6 Å². The fourth-order valence-corrected chi connectivity index (χ4v) is 4.44. The number of phenolic OH excluding ortho intramolecular Hbond substituents is 1. The van der Waals surface area contributed by atoms with E-state index in [1.807, 2.05) is 13.1 Å². The average molecular weight is 300 g/mol. The minimum absolute atomic E-state index is 0.0836. The minimum Gasteiger partial charge on any atom is -0.505 e. The second kappa shape index (κ2) is 5.84. The van der Waals surface area contributed by atoms with E-state index in [0.29, 0.717) is 0 Å². The van der Waals surface area contributed by atoms with Gasteiger partial charge >= 0.3 is 0 Å². The molecule has 3 rings (SSSR count). The van der Waals surface area contributed by atoms with E-state index >= 15 is 0 Å². The van der Waals surface area contributed by atoms with Crippen molar-refractivity contribution in [3.8, 4) is 5.75 Å². The molecule has 0 radical (unpaired) electrons. The maximum Gasteiger partial charge on any atom is 0.149 e. The summed E-state index contributed by atoms with van der Waals surface area (Å²) in [7, 11) is 1.99. The topological polar surface area (TPSA) is 61.7 Å². The van der Waals surface area contributed by atoms with Crippen molar-refractivity contribution in [2.75, 3.05) is 13.6 Å². The molecule has 2 aliphatic rings. The molecule has 0 atom stereocenters. The molecule has 1 spiro atoms. The predicted molar refractivity (Wildman–Crippen MR) is 89.3 cm³/mol. The summed E-state index contributed by atoms with van der Waals surface area (Å²) in [6.07, 6.45) is 6.93. The van der Waals surface area contributed by atoms with E-state index in [4.69, 9.17) is 0 Å². The Balaban J connectivity index is 2.18. The van der Waals surface area contributed by atoms with Gasteiger partial charge in [-0.2, -0.15) is 0 Å². The number of phenols is 1. The summed E-state index contributed by atoms with van der Waals surface area (Å²) in [5.74, 6) is 0.0836. The Labute approximate surface area is 131 Å². The van der Waals surface area contributed by atoms with E-state index in [2.05, 4.69) is 17.4 Å². The zero-order valence-corrected chi connectivity index (χ0v) is 13.4. The highest BCUT2D eigenvalue weighted by Gasteiger charge is 2.41. The first-order chi connectivity index (χ1) is 10.6. The van der Waals surface area contributed by atoms with Crippen LogP contribution in [0.25, 0.3) is 5.57 Å². The Hall–Kier alpha value is -1.68. The number of aromatic hydroxyl groups is 1. The molecular weight excluding hydrogens is 276 g/mol. The molecule has 0 saturated heterocycles. The Morgan fingerprint density at radius 3 is 2.64 bits per heavy atom. The van der Waals surface area contributed by atoms with Gasteiger partial charge in [0, 0.05) is 12.1 Å². The van der Waals surface area contributed by atoms with Crippen LogP contribution in [0.5, 0.6) is 5.75 Å². The summed E-state index contributed by atoms with van der Waals surface area (Å²) >= 11 is 0. The van der Waals surface area contributed by atoms with Gasteiger partial charge < -0.3 is 10.4 Å². The number of hydrogen-bond donors (Lipinski definition) is 2. The second-order valence-corrected chi connectivity index (χ2v) is 6.70. The molecule has 4 nitrogen and oxygen atoms in total. The Morgan fingerprint density at radius 1 is 1.27 bits per heavy atom. The summed E-state index contributed by atoms with van der Waals surface area (Å²) in [4.78, 5) is 10.9. The summed E-state index contributed by atoms with van der Waals surface area (Å²) < 4.78 is 0. The monoisotopic (exact) mass is 300 g/mol. The van der Waals surface area contributed by atoms with Crippen molar-refractivity contribution in [3.63, 3.8) is 0 Å². The van der Waals surface area contributed by atoms with Crippen LogP contribution >= 0.6 is 0 Å². The van der Waals surface area contributed by atoms with Crippen LogP contribution < -0.4 is 5.32 Å². The van der Waals surface area contributed by atoms with Gasteiger partial charge in [0.2, 0.25) is 0 Å². The lowest BCUT2D eigenvalue weighted by atomic mass is 9.61. The maximum atomic E-state index is 10.9. The third-order valence-corrected chi connectivity index (χ3v) is 5.54. The summed E-state index contributed by atoms with van der Waals surface area (Å²) in [5, 5.41) is 16.7. The molecule has 0 amide bonds. The van der Waals surface area contributed by atoms with Crippen molar-refractivity contribution in [3.05, 3.63) is 33.7 Å². The van der Waals surface area contributed by atoms with Gasteiger partial charge in [0.05, 0.1) is 0 Å². The highest BCUT2D eigenvalue weighted by atomic mass is 16.3. The molecule has 2 N–H and O–H groups in total. The van der Waals surface area contributed by atoms with Gasteiger partial charge in [0.1, 0.15) is 11.4 Å². The van der Waals surface area contributed by atoms with Crippen LogP contribution in [0.2, 0.25) is 0 Å². The van der Waals surface area contributed by atoms with Gasteiger partial charge in [-0.3, -0.25) is 0 Å². The van der Waals surface area contributed by atoms with Crippen LogP contribution in [0, 0.1) is 10.3 Å². The molecule has 0 heterocycles. The van der Waals surface area contributed by atoms with Gasteiger partial charge in [0.25, 0.3) is 0 Å². The van der Waals surface area contributed by atoms with E-state index in [1.54, 1.807) is 6.07 Å². The number of benzene rings is 1. The van der Waals surface area contributed by atoms with Crippen LogP contribution in [-0.2, 0) is 6.42 Å². The molecule has 1 saturated carbocycles. The normalized spacial score (nSPS) is 20.1. The molecule has 22 heavy (non-hydrogen) atoms. The van der Waals surface area contributed by atoms with E-state index in [1.165, 1.54) is 43.3 Å². The first-order valence-corrected chi connectivity index (χ1v) is 8.16. The highest BCUT2D eigenvalue weighted by Crippen LogP contribution is 2.53. The highest BCUT2D eigenvalue weighted by molar-refractivity contribution is 5.78. The van der Waals surface area contributed by atoms with Crippen molar-refractivity contribution in [2.24, 2.45) is 10.6 Å². The molecule has 0 aliphatic heterocycles. The maximum absolute atomic E-state index is 10.9. The lowest BCUT2D eigenvalue weighted by molar-refractivity contribution is 0.228. The number of allylic oxidation sites excluding steroid dienone is 1. The summed E-state index contributed by atoms with van der Waals surface area (Å²) in [5.41, 5.74) is 5.02. The van der Waals surface area contributed by atoms with Crippen LogP contribution in [0.15, 0.2) is 22.9 Å². The van der Waals surface area contributed by atoms with E-state index in [-0.39, 0.29) is 16.9 Å². The smallest absolute Gasteiger partial charge is 0.149 e. The van der Waals surface area contributed by atoms with Crippen LogP contribution in [-0.4, -0.2) is 18.7 Å². The first-order valence-electron chi connectivity index (χ1n) is 8.16. The molecule has 2 aliphatic carbocycles. The SMILES string of the molecule is CNCC1=C(C)c2ccc(N=O)c(O)c2CC12CCCCC2. The van der Waals surface area contributed by atoms with Crippen LogP contribution in [0.4, 0.5) is 5.69 Å². The van der Waals surface area contributed by atoms with Crippen molar-refractivity contribution < 1.29 is 5.11 Å². The largest absolute Gasteiger partial charge is 0.505 e. The van der Waals surface area contributed by atoms with E-state index in [9.17, 15) is 10.0 Å². The molecule has 1 fully saturated rings. The Kier molecular flexibility index (Phi) is 4.04. The predicted octanol–water partition coefficient (Wildman–Crippen LogP) is 4.29. The number of fused-ring (bicyclic) bond motifs is 1. The third kappa shape index (κ3) is 2.26.